The molecule has 1 N–H and O–H groups in total. The number of carbonyl (C=O) groups excluding carboxylic acids is 2. The maximum atomic E-state index is 13.0. The molecule has 1 amide bonds. The molecule has 0 bridgehead atoms. The van der Waals surface area contributed by atoms with E-state index < -0.39 is 17.6 Å². The van der Waals surface area contributed by atoms with E-state index in [1.54, 1.807) is 23.9 Å². The van der Waals surface area contributed by atoms with Gasteiger partial charge in [0, 0.05) is 22.6 Å². The van der Waals surface area contributed by atoms with Gasteiger partial charge in [0.2, 0.25) is 0 Å². The highest BCUT2D eigenvalue weighted by Gasteiger charge is 2.24. The molecule has 0 aliphatic rings. The van der Waals surface area contributed by atoms with Crippen LogP contribution >= 0.6 is 11.8 Å². The molecular formula is C28H33NO5S. The first-order valence-electron chi connectivity index (χ1n) is 11.6. The Morgan fingerprint density at radius 2 is 1.77 bits per heavy atom. The van der Waals surface area contributed by atoms with Crippen LogP contribution in [0.5, 0.6) is 0 Å². The summed E-state index contributed by atoms with van der Waals surface area (Å²) in [5, 5.41) is 3.55. The third-order valence-electron chi connectivity index (χ3n) is 6.10. The Hall–Kier alpha value is -3.06. The smallest absolute Gasteiger partial charge is 0.336 e. The highest BCUT2D eigenvalue weighted by Crippen LogP contribution is 2.24. The fourth-order valence-corrected chi connectivity index (χ4v) is 4.21. The zero-order valence-corrected chi connectivity index (χ0v) is 22.0. The fourth-order valence-electron chi connectivity index (χ4n) is 3.74. The number of hydrogen-bond acceptors (Lipinski definition) is 6. The van der Waals surface area contributed by atoms with Gasteiger partial charge >= 0.3 is 11.6 Å². The Labute approximate surface area is 210 Å². The summed E-state index contributed by atoms with van der Waals surface area (Å²) in [4.78, 5) is 37.9. The van der Waals surface area contributed by atoms with E-state index in [0.717, 1.165) is 22.1 Å². The molecule has 7 heteroatoms. The number of hydrogen-bond donors (Lipinski definition) is 1. The first-order valence-corrected chi connectivity index (χ1v) is 13.0. The number of ether oxygens (including phenoxy) is 1. The number of benzene rings is 2. The number of amides is 1. The molecule has 0 aliphatic carbocycles. The Balaban J connectivity index is 1.75. The lowest BCUT2D eigenvalue weighted by Crippen LogP contribution is -2.42. The maximum Gasteiger partial charge on any atom is 0.336 e. The van der Waals surface area contributed by atoms with Gasteiger partial charge in [-0.2, -0.15) is 11.8 Å². The topological polar surface area (TPSA) is 85.6 Å². The van der Waals surface area contributed by atoms with Crippen molar-refractivity contribution in [2.75, 3.05) is 12.0 Å². The summed E-state index contributed by atoms with van der Waals surface area (Å²) in [5.41, 5.74) is 4.03. The van der Waals surface area contributed by atoms with Gasteiger partial charge in [-0.15, -0.1) is 0 Å². The molecule has 0 aliphatic heterocycles. The molecule has 3 aromatic rings. The van der Waals surface area contributed by atoms with Gasteiger partial charge in [0.25, 0.3) is 5.91 Å². The van der Waals surface area contributed by atoms with E-state index in [9.17, 15) is 14.4 Å². The molecule has 1 aromatic heterocycles. The molecule has 0 radical (unpaired) electrons. The van der Waals surface area contributed by atoms with Crippen LogP contribution in [0.4, 0.5) is 0 Å². The van der Waals surface area contributed by atoms with Gasteiger partial charge in [-0.3, -0.25) is 4.79 Å². The average Bonchev–Trinajstić information content (AvgIpc) is 2.82. The van der Waals surface area contributed by atoms with Crippen LogP contribution in [0.25, 0.3) is 11.0 Å². The highest BCUT2D eigenvalue weighted by molar-refractivity contribution is 7.98. The molecular weight excluding hydrogens is 462 g/mol. The van der Waals surface area contributed by atoms with Crippen LogP contribution in [0.2, 0.25) is 0 Å². The number of carbonyl (C=O) groups is 2. The van der Waals surface area contributed by atoms with E-state index in [4.69, 9.17) is 9.15 Å². The zero-order chi connectivity index (χ0) is 25.8. The summed E-state index contributed by atoms with van der Waals surface area (Å²) in [5.74, 6) is -0.186. The third kappa shape index (κ3) is 6.54. The molecule has 0 spiro atoms. The molecule has 0 saturated carbocycles. The van der Waals surface area contributed by atoms with Crippen LogP contribution in [-0.4, -0.2) is 29.9 Å². The van der Waals surface area contributed by atoms with Crippen molar-refractivity contribution in [1.29, 1.82) is 0 Å². The SMILES string of the molecule is CSCCC(NC(=O)c1ccc(C(C)(C)C)cc1)C(=O)OCc1cc(=O)oc2c(C)c(C)ccc12. The minimum atomic E-state index is -0.799. The molecule has 6 nitrogen and oxygen atoms in total. The Bertz CT molecular complexity index is 1270. The second-order valence-electron chi connectivity index (χ2n) is 9.72. The van der Waals surface area contributed by atoms with Crippen molar-refractivity contribution >= 4 is 34.6 Å². The summed E-state index contributed by atoms with van der Waals surface area (Å²) in [6, 6.07) is 11.7. The third-order valence-corrected chi connectivity index (χ3v) is 6.74. The molecule has 1 heterocycles. The number of thioether (sulfide) groups is 1. The normalized spacial score (nSPS) is 12.4. The van der Waals surface area contributed by atoms with E-state index in [1.807, 2.05) is 44.4 Å². The standard InChI is InChI=1S/C28H33NO5S/c1-17-7-12-22-20(15-24(30)34-25(22)18(17)2)16-33-27(32)23(13-14-35-6)29-26(31)19-8-10-21(11-9-19)28(3,4)5/h7-12,15,23H,13-14,16H2,1-6H3,(H,29,31). The summed E-state index contributed by atoms with van der Waals surface area (Å²) < 4.78 is 11.0. The van der Waals surface area contributed by atoms with Crippen LogP contribution in [0.3, 0.4) is 0 Å². The molecule has 1 unspecified atom stereocenters. The van der Waals surface area contributed by atoms with Crippen molar-refractivity contribution in [2.45, 2.75) is 59.1 Å². The van der Waals surface area contributed by atoms with Crippen LogP contribution in [-0.2, 0) is 21.6 Å². The largest absolute Gasteiger partial charge is 0.459 e. The fraction of sp³-hybridized carbons (Fsp3) is 0.393. The van der Waals surface area contributed by atoms with Crippen molar-refractivity contribution in [3.8, 4) is 0 Å². The second-order valence-corrected chi connectivity index (χ2v) is 10.7. The summed E-state index contributed by atoms with van der Waals surface area (Å²) in [6.45, 7) is 10.1. The van der Waals surface area contributed by atoms with Crippen molar-refractivity contribution in [3.05, 3.63) is 80.7 Å². The van der Waals surface area contributed by atoms with Gasteiger partial charge < -0.3 is 14.5 Å². The van der Waals surface area contributed by atoms with E-state index >= 15 is 0 Å². The van der Waals surface area contributed by atoms with Gasteiger partial charge in [-0.05, 0) is 66.5 Å². The minimum Gasteiger partial charge on any atom is -0.459 e. The summed E-state index contributed by atoms with van der Waals surface area (Å²) >= 11 is 1.58. The van der Waals surface area contributed by atoms with E-state index in [-0.39, 0.29) is 17.9 Å². The lowest BCUT2D eigenvalue weighted by Gasteiger charge is -2.20. The van der Waals surface area contributed by atoms with Gasteiger partial charge in [0.15, 0.2) is 0 Å². The van der Waals surface area contributed by atoms with Crippen molar-refractivity contribution in [2.24, 2.45) is 0 Å². The van der Waals surface area contributed by atoms with Crippen LogP contribution in [0.1, 0.15) is 59.8 Å². The number of esters is 1. The van der Waals surface area contributed by atoms with Gasteiger partial charge in [0.1, 0.15) is 18.2 Å². The number of nitrogens with one attached hydrogen (secondary N) is 1. The van der Waals surface area contributed by atoms with Crippen molar-refractivity contribution in [1.82, 2.24) is 5.32 Å². The number of rotatable bonds is 8. The molecule has 35 heavy (non-hydrogen) atoms. The van der Waals surface area contributed by atoms with Crippen molar-refractivity contribution in [3.63, 3.8) is 0 Å². The van der Waals surface area contributed by atoms with E-state index in [2.05, 4.69) is 26.1 Å². The monoisotopic (exact) mass is 495 g/mol. The first-order chi connectivity index (χ1) is 16.5. The Kier molecular flexibility index (Phi) is 8.43. The maximum absolute atomic E-state index is 13.0. The van der Waals surface area contributed by atoms with Crippen LogP contribution < -0.4 is 10.9 Å². The van der Waals surface area contributed by atoms with Crippen molar-refractivity contribution < 1.29 is 18.7 Å². The van der Waals surface area contributed by atoms with E-state index in [1.165, 1.54) is 6.07 Å². The molecule has 0 fully saturated rings. The van der Waals surface area contributed by atoms with Gasteiger partial charge in [-0.25, -0.2) is 9.59 Å². The van der Waals surface area contributed by atoms with E-state index in [0.29, 0.717) is 28.9 Å². The van der Waals surface area contributed by atoms with Gasteiger partial charge in [0.05, 0.1) is 0 Å². The predicted octanol–water partition coefficient (Wildman–Crippen LogP) is 5.30. The molecule has 0 saturated heterocycles. The lowest BCUT2D eigenvalue weighted by atomic mass is 9.86. The Morgan fingerprint density at radius 1 is 1.09 bits per heavy atom. The predicted molar refractivity (Wildman–Crippen MR) is 141 cm³/mol. The molecule has 3 rings (SSSR count). The Morgan fingerprint density at radius 3 is 2.40 bits per heavy atom. The highest BCUT2D eigenvalue weighted by atomic mass is 32.2. The summed E-state index contributed by atoms with van der Waals surface area (Å²) in [6.07, 6.45) is 2.37. The number of aryl methyl sites for hydroxylation is 2. The zero-order valence-electron chi connectivity index (χ0n) is 21.2. The molecule has 2 aromatic carbocycles. The first kappa shape index (κ1) is 26.5. The lowest BCUT2D eigenvalue weighted by molar-refractivity contribution is -0.147. The summed E-state index contributed by atoms with van der Waals surface area (Å²) in [7, 11) is 0. The van der Waals surface area contributed by atoms with Crippen LogP contribution in [0, 0.1) is 13.8 Å². The quantitative estimate of drug-likeness (QED) is 0.337. The number of fused-ring (bicyclic) bond motifs is 1. The minimum absolute atomic E-state index is 0.0181. The molecule has 186 valence electrons. The van der Waals surface area contributed by atoms with Crippen LogP contribution in [0.15, 0.2) is 51.7 Å². The average molecular weight is 496 g/mol. The van der Waals surface area contributed by atoms with Gasteiger partial charge in [-0.1, -0.05) is 45.0 Å². The molecule has 1 atom stereocenters. The second kappa shape index (κ2) is 11.1.